The van der Waals surface area contributed by atoms with Gasteiger partial charge in [0, 0.05) is 16.0 Å². The number of aromatic nitrogens is 4. The number of carbonyl (C=O) groups excluding carboxylic acids is 2. The molecule has 14 heteroatoms. The van der Waals surface area contributed by atoms with Gasteiger partial charge in [-0.1, -0.05) is 23.5 Å². The molecule has 4 aliphatic rings. The molecule has 1 saturated heterocycles. The largest absolute Gasteiger partial charge is 0.307 e. The van der Waals surface area contributed by atoms with Gasteiger partial charge in [0.2, 0.25) is 16.5 Å². The molecule has 2 saturated carbocycles. The molecule has 9 nitrogen and oxygen atoms in total. The summed E-state index contributed by atoms with van der Waals surface area (Å²) >= 11 is 14.4. The molecule has 36 heavy (non-hydrogen) atoms. The fourth-order valence-corrected chi connectivity index (χ4v) is 9.90. The maximum absolute atomic E-state index is 13.7. The van der Waals surface area contributed by atoms with Crippen LogP contribution in [-0.4, -0.2) is 42.0 Å². The zero-order valence-electron chi connectivity index (χ0n) is 18.0. The number of imide groups is 1. The lowest BCUT2D eigenvalue weighted by atomic mass is 9.68. The van der Waals surface area contributed by atoms with Crippen molar-refractivity contribution in [1.82, 2.24) is 24.9 Å². The lowest BCUT2D eigenvalue weighted by Gasteiger charge is -2.43. The van der Waals surface area contributed by atoms with Crippen LogP contribution in [0.5, 0.6) is 0 Å². The standard InChI is InChI=1S/C22H15Cl2FN6O3S2/c23-19-27-20(24)29-21(28-19)30-31-17(32)12-8-5-9(13(12)18(31)33)14-11(8)10(6-1-3-7(25)4-2-6)15-16(35-14)26-22(34)36-15/h1-4,8-14H,5H2,(H,26,34)(H,27,28,29,30). The quantitative estimate of drug-likeness (QED) is 0.463. The third-order valence-electron chi connectivity index (χ3n) is 7.75. The molecular weight excluding hydrogens is 550 g/mol. The minimum absolute atomic E-state index is 0.0171. The van der Waals surface area contributed by atoms with Crippen molar-refractivity contribution in [3.63, 3.8) is 0 Å². The highest BCUT2D eigenvalue weighted by Gasteiger charge is 2.69. The van der Waals surface area contributed by atoms with Crippen molar-refractivity contribution >= 4 is 64.1 Å². The number of nitrogens with one attached hydrogen (secondary N) is 2. The van der Waals surface area contributed by atoms with Crippen LogP contribution in [0.1, 0.15) is 22.8 Å². The van der Waals surface area contributed by atoms with Gasteiger partial charge < -0.3 is 4.98 Å². The van der Waals surface area contributed by atoms with Crippen LogP contribution in [-0.2, 0) is 9.59 Å². The first-order valence-corrected chi connectivity index (χ1v) is 13.6. The van der Waals surface area contributed by atoms with E-state index in [-0.39, 0.29) is 67.9 Å². The van der Waals surface area contributed by atoms with Crippen LogP contribution in [0.3, 0.4) is 0 Å². The number of thiazole rings is 1. The lowest BCUT2D eigenvalue weighted by Crippen LogP contribution is -2.42. The zero-order chi connectivity index (χ0) is 24.9. The molecule has 2 aromatic heterocycles. The second-order valence-corrected chi connectivity index (χ2v) is 12.2. The Labute approximate surface area is 220 Å². The van der Waals surface area contributed by atoms with E-state index in [0.29, 0.717) is 0 Å². The fraction of sp³-hybridized carbons (Fsp3) is 0.364. The Morgan fingerprint density at radius 3 is 2.36 bits per heavy atom. The topological polar surface area (TPSA) is 121 Å². The molecular formula is C22H15Cl2FN6O3S2. The van der Waals surface area contributed by atoms with Crippen LogP contribution in [0.15, 0.2) is 34.1 Å². The van der Waals surface area contributed by atoms with E-state index in [0.717, 1.165) is 38.2 Å². The Balaban J connectivity index is 1.27. The van der Waals surface area contributed by atoms with Crippen molar-refractivity contribution in [1.29, 1.82) is 0 Å². The Kier molecular flexibility index (Phi) is 5.02. The molecule has 2 bridgehead atoms. The van der Waals surface area contributed by atoms with Crippen molar-refractivity contribution in [3.8, 4) is 0 Å². The third-order valence-corrected chi connectivity index (χ3v) is 10.7. The number of hydrazine groups is 1. The molecule has 3 fully saturated rings. The second kappa shape index (κ2) is 7.98. The molecule has 0 spiro atoms. The predicted octanol–water partition coefficient (Wildman–Crippen LogP) is 3.57. The van der Waals surface area contributed by atoms with Crippen LogP contribution in [0.25, 0.3) is 0 Å². The van der Waals surface area contributed by atoms with Gasteiger partial charge in [-0.2, -0.15) is 20.0 Å². The first kappa shape index (κ1) is 22.6. The Morgan fingerprint density at radius 2 is 1.67 bits per heavy atom. The summed E-state index contributed by atoms with van der Waals surface area (Å²) in [5, 5.41) is 1.47. The van der Waals surface area contributed by atoms with E-state index in [4.69, 9.17) is 23.2 Å². The van der Waals surface area contributed by atoms with E-state index < -0.39 is 11.8 Å². The Bertz CT molecular complexity index is 1480. The molecule has 7 atom stereocenters. The van der Waals surface area contributed by atoms with E-state index in [1.807, 2.05) is 0 Å². The molecule has 7 rings (SSSR count). The number of aromatic amines is 1. The number of halogens is 3. The maximum atomic E-state index is 13.7. The second-order valence-electron chi connectivity index (χ2n) is 9.33. The summed E-state index contributed by atoms with van der Waals surface area (Å²) in [4.78, 5) is 54.5. The van der Waals surface area contributed by atoms with Crippen molar-refractivity contribution < 1.29 is 14.0 Å². The third kappa shape index (κ3) is 3.20. The number of anilines is 1. The fourth-order valence-electron chi connectivity index (χ4n) is 6.65. The number of thioether (sulfide) groups is 1. The van der Waals surface area contributed by atoms with E-state index in [2.05, 4.69) is 25.4 Å². The number of nitrogens with zero attached hydrogens (tertiary/aromatic N) is 4. The van der Waals surface area contributed by atoms with Gasteiger partial charge in [0.1, 0.15) is 5.82 Å². The molecule has 2 aliphatic carbocycles. The van der Waals surface area contributed by atoms with Crippen LogP contribution < -0.4 is 10.3 Å². The summed E-state index contributed by atoms with van der Waals surface area (Å²) in [7, 11) is 0. The molecule has 1 aromatic carbocycles. The molecule has 2 aliphatic heterocycles. The molecule has 0 radical (unpaired) electrons. The lowest BCUT2D eigenvalue weighted by molar-refractivity contribution is -0.139. The van der Waals surface area contributed by atoms with Gasteiger partial charge in [-0.15, -0.1) is 11.8 Å². The number of fused-ring (bicyclic) bond motifs is 9. The SMILES string of the molecule is O=C1C2C3CC(C2C(=O)N1Nc1nc(Cl)nc(Cl)n1)C1C(c2ccc(F)cc2)c2sc(=O)[nH]c2SC31. The highest BCUT2D eigenvalue weighted by atomic mass is 35.5. The van der Waals surface area contributed by atoms with E-state index in [1.54, 1.807) is 23.9 Å². The summed E-state index contributed by atoms with van der Waals surface area (Å²) in [5.41, 5.74) is 3.58. The van der Waals surface area contributed by atoms with Gasteiger partial charge in [-0.05, 0) is 65.1 Å². The molecule has 184 valence electrons. The van der Waals surface area contributed by atoms with Crippen molar-refractivity contribution in [2.75, 3.05) is 5.43 Å². The van der Waals surface area contributed by atoms with Gasteiger partial charge in [0.25, 0.3) is 11.8 Å². The van der Waals surface area contributed by atoms with Crippen molar-refractivity contribution in [3.05, 3.63) is 60.8 Å². The number of hydrogen-bond acceptors (Lipinski definition) is 9. The highest BCUT2D eigenvalue weighted by Crippen LogP contribution is 2.68. The van der Waals surface area contributed by atoms with Crippen molar-refractivity contribution in [2.45, 2.75) is 22.6 Å². The number of benzene rings is 1. The Hall–Kier alpha value is -2.54. The first-order chi connectivity index (χ1) is 17.3. The molecule has 4 heterocycles. The van der Waals surface area contributed by atoms with Crippen LogP contribution in [0.4, 0.5) is 10.3 Å². The van der Waals surface area contributed by atoms with E-state index in [9.17, 15) is 18.8 Å². The minimum Gasteiger partial charge on any atom is -0.307 e. The van der Waals surface area contributed by atoms with Gasteiger partial charge >= 0.3 is 4.87 Å². The van der Waals surface area contributed by atoms with E-state index in [1.165, 1.54) is 12.1 Å². The number of H-pyrrole nitrogens is 1. The highest BCUT2D eigenvalue weighted by molar-refractivity contribution is 8.00. The van der Waals surface area contributed by atoms with Gasteiger partial charge in [-0.3, -0.25) is 19.8 Å². The van der Waals surface area contributed by atoms with Gasteiger partial charge in [0.05, 0.1) is 16.9 Å². The van der Waals surface area contributed by atoms with Crippen LogP contribution in [0, 0.1) is 35.4 Å². The smallest absolute Gasteiger partial charge is 0.305 e. The zero-order valence-corrected chi connectivity index (χ0v) is 21.2. The summed E-state index contributed by atoms with van der Waals surface area (Å²) in [6.07, 6.45) is 0.739. The molecule has 2 amide bonds. The van der Waals surface area contributed by atoms with Crippen LogP contribution >= 0.6 is 46.3 Å². The summed E-state index contributed by atoms with van der Waals surface area (Å²) in [6.45, 7) is 0. The first-order valence-electron chi connectivity index (χ1n) is 11.2. The van der Waals surface area contributed by atoms with Gasteiger partial charge in [0.15, 0.2) is 0 Å². The average Bonchev–Trinajstić information content (AvgIpc) is 3.55. The van der Waals surface area contributed by atoms with Crippen molar-refractivity contribution in [2.24, 2.45) is 29.6 Å². The van der Waals surface area contributed by atoms with Crippen LogP contribution in [0.2, 0.25) is 10.6 Å². The summed E-state index contributed by atoms with van der Waals surface area (Å²) < 4.78 is 13.7. The predicted molar refractivity (Wildman–Crippen MR) is 130 cm³/mol. The molecule has 3 aromatic rings. The summed E-state index contributed by atoms with van der Waals surface area (Å²) in [5.74, 6) is -2.40. The minimum atomic E-state index is -0.509. The number of rotatable bonds is 3. The normalized spacial score (nSPS) is 32.0. The monoisotopic (exact) mass is 564 g/mol. The molecule has 7 unspecified atom stereocenters. The summed E-state index contributed by atoms with van der Waals surface area (Å²) in [6, 6.07) is 6.32. The number of amides is 2. The van der Waals surface area contributed by atoms with E-state index >= 15 is 0 Å². The maximum Gasteiger partial charge on any atom is 0.305 e. The van der Waals surface area contributed by atoms with Gasteiger partial charge in [-0.25, -0.2) is 4.39 Å². The average molecular weight is 565 g/mol. The Morgan fingerprint density at radius 1 is 1.00 bits per heavy atom. The number of hydrogen-bond donors (Lipinski definition) is 2. The molecule has 2 N–H and O–H groups in total. The number of carbonyl (C=O) groups is 2.